The Bertz CT molecular complexity index is 608. The van der Waals surface area contributed by atoms with Crippen molar-refractivity contribution in [2.75, 3.05) is 6.54 Å². The Balaban J connectivity index is 2.43. The predicted molar refractivity (Wildman–Crippen MR) is 85.4 cm³/mol. The van der Waals surface area contributed by atoms with Gasteiger partial charge in [0, 0.05) is 10.5 Å². The molecule has 0 aliphatic heterocycles. The minimum Gasteiger partial charge on any atom is -0.306 e. The van der Waals surface area contributed by atoms with Crippen LogP contribution in [0, 0.1) is 18.6 Å². The third-order valence-corrected chi connectivity index (χ3v) is 4.22. The second kappa shape index (κ2) is 7.14. The summed E-state index contributed by atoms with van der Waals surface area (Å²) in [4.78, 5) is 0. The van der Waals surface area contributed by atoms with E-state index >= 15 is 0 Å². The molecule has 1 atom stereocenters. The summed E-state index contributed by atoms with van der Waals surface area (Å²) >= 11 is 3.47. The molecule has 0 aliphatic carbocycles. The van der Waals surface area contributed by atoms with Gasteiger partial charge in [0.25, 0.3) is 0 Å². The summed E-state index contributed by atoms with van der Waals surface area (Å²) < 4.78 is 28.0. The van der Waals surface area contributed by atoms with Crippen LogP contribution in [0.25, 0.3) is 0 Å². The first-order chi connectivity index (χ1) is 10.0. The maximum absolute atomic E-state index is 13.5. The number of halogens is 3. The van der Waals surface area contributed by atoms with Crippen molar-refractivity contribution >= 4 is 15.9 Å². The van der Waals surface area contributed by atoms with E-state index in [0.29, 0.717) is 5.56 Å². The number of benzene rings is 2. The van der Waals surface area contributed by atoms with Crippen LogP contribution in [0.15, 0.2) is 40.9 Å². The van der Waals surface area contributed by atoms with Crippen molar-refractivity contribution in [1.29, 1.82) is 0 Å². The fourth-order valence-electron chi connectivity index (χ4n) is 2.31. The first-order valence-electron chi connectivity index (χ1n) is 6.96. The lowest BCUT2D eigenvalue weighted by molar-refractivity contribution is 0.558. The summed E-state index contributed by atoms with van der Waals surface area (Å²) in [5, 5.41) is 3.35. The highest BCUT2D eigenvalue weighted by molar-refractivity contribution is 9.10. The predicted octanol–water partition coefficient (Wildman–Crippen LogP) is 5.12. The van der Waals surface area contributed by atoms with Crippen molar-refractivity contribution < 1.29 is 8.78 Å². The lowest BCUT2D eigenvalue weighted by atomic mass is 9.97. The maximum Gasteiger partial charge on any atom is 0.126 e. The molecule has 112 valence electrons. The van der Waals surface area contributed by atoms with Crippen LogP contribution in [-0.4, -0.2) is 6.54 Å². The number of hydrogen-bond donors (Lipinski definition) is 1. The average Bonchev–Trinajstić information content (AvgIpc) is 2.42. The van der Waals surface area contributed by atoms with Crippen LogP contribution in [0.4, 0.5) is 8.78 Å². The van der Waals surface area contributed by atoms with Gasteiger partial charge in [-0.05, 0) is 54.8 Å². The van der Waals surface area contributed by atoms with Crippen molar-refractivity contribution in [1.82, 2.24) is 5.32 Å². The molecule has 0 radical (unpaired) electrons. The molecule has 0 aliphatic rings. The first-order valence-corrected chi connectivity index (χ1v) is 7.76. The van der Waals surface area contributed by atoms with Crippen LogP contribution in [0.5, 0.6) is 0 Å². The van der Waals surface area contributed by atoms with Gasteiger partial charge in [0.05, 0.1) is 6.04 Å². The Morgan fingerprint density at radius 1 is 1.05 bits per heavy atom. The largest absolute Gasteiger partial charge is 0.306 e. The van der Waals surface area contributed by atoms with E-state index in [1.807, 2.05) is 25.1 Å². The lowest BCUT2D eigenvalue weighted by Crippen LogP contribution is -2.23. The van der Waals surface area contributed by atoms with Gasteiger partial charge in [0.2, 0.25) is 0 Å². The molecule has 2 aromatic carbocycles. The molecule has 21 heavy (non-hydrogen) atoms. The standard InChI is InChI=1S/C17H18BrF2N/c1-3-6-21-17(12-4-5-16(18)11(2)7-12)13-8-14(19)10-15(20)9-13/h4-5,7-10,17,21H,3,6H2,1-2H3. The minimum atomic E-state index is -0.554. The Morgan fingerprint density at radius 3 is 2.29 bits per heavy atom. The molecule has 0 fully saturated rings. The molecule has 2 rings (SSSR count). The zero-order valence-electron chi connectivity index (χ0n) is 12.1. The summed E-state index contributed by atoms with van der Waals surface area (Å²) in [6.45, 7) is 4.83. The summed E-state index contributed by atoms with van der Waals surface area (Å²) in [6.07, 6.45) is 0.948. The average molecular weight is 354 g/mol. The van der Waals surface area contributed by atoms with Gasteiger partial charge in [-0.2, -0.15) is 0 Å². The summed E-state index contributed by atoms with van der Waals surface area (Å²) in [7, 11) is 0. The maximum atomic E-state index is 13.5. The molecule has 2 aromatic rings. The highest BCUT2D eigenvalue weighted by Crippen LogP contribution is 2.27. The second-order valence-corrected chi connectivity index (χ2v) is 5.95. The van der Waals surface area contributed by atoms with Crippen LogP contribution in [-0.2, 0) is 0 Å². The Morgan fingerprint density at radius 2 is 1.71 bits per heavy atom. The van der Waals surface area contributed by atoms with Crippen LogP contribution in [0.1, 0.15) is 36.1 Å². The minimum absolute atomic E-state index is 0.220. The SMILES string of the molecule is CCCNC(c1cc(F)cc(F)c1)c1ccc(Br)c(C)c1. The van der Waals surface area contributed by atoms with Gasteiger partial charge in [0.1, 0.15) is 11.6 Å². The molecule has 1 N–H and O–H groups in total. The van der Waals surface area contributed by atoms with E-state index < -0.39 is 11.6 Å². The molecule has 0 spiro atoms. The van der Waals surface area contributed by atoms with Gasteiger partial charge in [-0.15, -0.1) is 0 Å². The highest BCUT2D eigenvalue weighted by Gasteiger charge is 2.16. The first kappa shape index (κ1) is 16.1. The van der Waals surface area contributed by atoms with Crippen LogP contribution in [0.3, 0.4) is 0 Å². The monoisotopic (exact) mass is 353 g/mol. The highest BCUT2D eigenvalue weighted by atomic mass is 79.9. The lowest BCUT2D eigenvalue weighted by Gasteiger charge is -2.20. The summed E-state index contributed by atoms with van der Waals surface area (Å²) in [5.41, 5.74) is 2.68. The molecule has 4 heteroatoms. The molecule has 0 aromatic heterocycles. The molecule has 1 unspecified atom stereocenters. The molecule has 0 saturated heterocycles. The zero-order chi connectivity index (χ0) is 15.4. The fraction of sp³-hybridized carbons (Fsp3) is 0.294. The van der Waals surface area contributed by atoms with Crippen molar-refractivity contribution in [2.24, 2.45) is 0 Å². The Labute approximate surface area is 132 Å². The third kappa shape index (κ3) is 4.11. The second-order valence-electron chi connectivity index (χ2n) is 5.10. The van der Waals surface area contributed by atoms with Gasteiger partial charge < -0.3 is 5.32 Å². The van der Waals surface area contributed by atoms with Gasteiger partial charge in [-0.25, -0.2) is 8.78 Å². The fourth-order valence-corrected chi connectivity index (χ4v) is 2.55. The molecule has 0 amide bonds. The number of aryl methyl sites for hydroxylation is 1. The molecule has 0 saturated carbocycles. The van der Waals surface area contributed by atoms with Gasteiger partial charge >= 0.3 is 0 Å². The van der Waals surface area contributed by atoms with E-state index in [4.69, 9.17) is 0 Å². The Kier molecular flexibility index (Phi) is 5.48. The number of hydrogen-bond acceptors (Lipinski definition) is 1. The van der Waals surface area contributed by atoms with E-state index in [1.165, 1.54) is 12.1 Å². The van der Waals surface area contributed by atoms with Gasteiger partial charge in [-0.3, -0.25) is 0 Å². The third-order valence-electron chi connectivity index (χ3n) is 3.33. The quantitative estimate of drug-likeness (QED) is 0.785. The molecule has 0 bridgehead atoms. The molecular weight excluding hydrogens is 336 g/mol. The van der Waals surface area contributed by atoms with Crippen LogP contribution < -0.4 is 5.32 Å². The number of nitrogens with one attached hydrogen (secondary N) is 1. The smallest absolute Gasteiger partial charge is 0.126 e. The van der Waals surface area contributed by atoms with E-state index in [1.54, 1.807) is 0 Å². The van der Waals surface area contributed by atoms with E-state index in [9.17, 15) is 8.78 Å². The summed E-state index contributed by atoms with van der Waals surface area (Å²) in [5.74, 6) is -1.11. The van der Waals surface area contributed by atoms with Crippen molar-refractivity contribution in [3.8, 4) is 0 Å². The topological polar surface area (TPSA) is 12.0 Å². The van der Waals surface area contributed by atoms with E-state index in [0.717, 1.165) is 34.6 Å². The van der Waals surface area contributed by atoms with Crippen molar-refractivity contribution in [2.45, 2.75) is 26.3 Å². The zero-order valence-corrected chi connectivity index (χ0v) is 13.7. The van der Waals surface area contributed by atoms with Crippen molar-refractivity contribution in [3.63, 3.8) is 0 Å². The van der Waals surface area contributed by atoms with Crippen LogP contribution in [0.2, 0.25) is 0 Å². The molecule has 1 nitrogen and oxygen atoms in total. The van der Waals surface area contributed by atoms with E-state index in [-0.39, 0.29) is 6.04 Å². The van der Waals surface area contributed by atoms with Crippen LogP contribution >= 0.6 is 15.9 Å². The van der Waals surface area contributed by atoms with Gasteiger partial charge in [0.15, 0.2) is 0 Å². The normalized spacial score (nSPS) is 12.4. The van der Waals surface area contributed by atoms with Crippen molar-refractivity contribution in [3.05, 3.63) is 69.2 Å². The Hall–Kier alpha value is -1.26. The van der Waals surface area contributed by atoms with E-state index in [2.05, 4.69) is 28.2 Å². The summed E-state index contributed by atoms with van der Waals surface area (Å²) in [6, 6.07) is 9.39. The molecular formula is C17H18BrF2N. The molecule has 0 heterocycles. The van der Waals surface area contributed by atoms with Gasteiger partial charge in [-0.1, -0.05) is 35.0 Å². The number of rotatable bonds is 5.